The molecule has 138 valence electrons. The molecule has 0 bridgehead atoms. The monoisotopic (exact) mass is 343 g/mol. The van der Waals surface area contributed by atoms with Crippen molar-refractivity contribution >= 4 is 5.91 Å². The van der Waals surface area contributed by atoms with Gasteiger partial charge in [0.2, 0.25) is 0 Å². The lowest BCUT2D eigenvalue weighted by atomic mass is 10.0. The summed E-state index contributed by atoms with van der Waals surface area (Å²) in [5.41, 5.74) is 0.813. The average Bonchev–Trinajstić information content (AvgIpc) is 2.67. The van der Waals surface area contributed by atoms with Crippen LogP contribution in [0.4, 0.5) is 0 Å². The molecular weight excluding hydrogens is 310 g/mol. The third kappa shape index (κ3) is 4.83. The molecule has 0 aliphatic carbocycles. The Hall–Kier alpha value is -1.39. The molecule has 0 spiro atoms. The summed E-state index contributed by atoms with van der Waals surface area (Å²) in [5.74, 6) is 0.184. The zero-order valence-electron chi connectivity index (χ0n) is 15.9. The van der Waals surface area contributed by atoms with E-state index < -0.39 is 0 Å². The molecule has 2 heterocycles. The Balaban J connectivity index is 1.43. The highest BCUT2D eigenvalue weighted by Crippen LogP contribution is 2.19. The van der Waals surface area contributed by atoms with E-state index in [2.05, 4.69) is 23.8 Å². The minimum atomic E-state index is 0.184. The zero-order chi connectivity index (χ0) is 17.6. The minimum absolute atomic E-state index is 0.184. The summed E-state index contributed by atoms with van der Waals surface area (Å²) in [6.45, 7) is 7.71. The summed E-state index contributed by atoms with van der Waals surface area (Å²) in [6.07, 6.45) is 6.27. The summed E-state index contributed by atoms with van der Waals surface area (Å²) >= 11 is 0. The van der Waals surface area contributed by atoms with Crippen molar-refractivity contribution in [2.45, 2.75) is 51.1 Å². The van der Waals surface area contributed by atoms with Gasteiger partial charge in [0.1, 0.15) is 0 Å². The number of nitrogens with zero attached hydrogens (tertiary/aromatic N) is 3. The maximum absolute atomic E-state index is 12.6. The number of amides is 1. The van der Waals surface area contributed by atoms with E-state index in [0.717, 1.165) is 44.1 Å². The van der Waals surface area contributed by atoms with Crippen LogP contribution < -0.4 is 0 Å². The third-order valence-electron chi connectivity index (χ3n) is 6.08. The summed E-state index contributed by atoms with van der Waals surface area (Å²) < 4.78 is 0. The molecule has 1 aromatic carbocycles. The van der Waals surface area contributed by atoms with Gasteiger partial charge in [-0.2, -0.15) is 0 Å². The number of likely N-dealkylation sites (N-methyl/N-ethyl adjacent to an activating group) is 1. The normalized spacial score (nSPS) is 23.2. The summed E-state index contributed by atoms with van der Waals surface area (Å²) in [4.78, 5) is 19.7. The van der Waals surface area contributed by atoms with E-state index in [0.29, 0.717) is 6.04 Å². The number of benzene rings is 1. The van der Waals surface area contributed by atoms with Crippen LogP contribution in [0.5, 0.6) is 0 Å². The van der Waals surface area contributed by atoms with Crippen LogP contribution in [0, 0.1) is 0 Å². The minimum Gasteiger partial charge on any atom is -0.339 e. The SMILES string of the molecule is CC1CCCCN1CCN(C)C1CCN(C(=O)c2ccccc2)CC1. The van der Waals surface area contributed by atoms with Gasteiger partial charge < -0.3 is 9.80 Å². The molecule has 3 rings (SSSR count). The molecule has 1 unspecified atom stereocenters. The first kappa shape index (κ1) is 18.4. The van der Waals surface area contributed by atoms with E-state index in [1.165, 1.54) is 32.4 Å². The Morgan fingerprint density at radius 1 is 1.08 bits per heavy atom. The van der Waals surface area contributed by atoms with Gasteiger partial charge in [0, 0.05) is 43.8 Å². The van der Waals surface area contributed by atoms with E-state index in [1.807, 2.05) is 35.2 Å². The van der Waals surface area contributed by atoms with Crippen LogP contribution in [-0.4, -0.2) is 72.5 Å². The lowest BCUT2D eigenvalue weighted by molar-refractivity contribution is 0.0621. The van der Waals surface area contributed by atoms with Crippen LogP contribution in [0.15, 0.2) is 30.3 Å². The number of carbonyl (C=O) groups excluding carboxylic acids is 1. The summed E-state index contributed by atoms with van der Waals surface area (Å²) in [6, 6.07) is 11.0. The fourth-order valence-electron chi connectivity index (χ4n) is 4.23. The first-order valence-corrected chi connectivity index (χ1v) is 9.94. The third-order valence-corrected chi connectivity index (χ3v) is 6.08. The molecule has 0 aromatic heterocycles. The van der Waals surface area contributed by atoms with Gasteiger partial charge in [-0.25, -0.2) is 0 Å². The molecule has 4 nitrogen and oxygen atoms in total. The maximum atomic E-state index is 12.6. The number of piperidine rings is 2. The van der Waals surface area contributed by atoms with E-state index in [4.69, 9.17) is 0 Å². The van der Waals surface area contributed by atoms with E-state index in [1.54, 1.807) is 0 Å². The van der Waals surface area contributed by atoms with Crippen LogP contribution in [0.25, 0.3) is 0 Å². The van der Waals surface area contributed by atoms with E-state index in [9.17, 15) is 4.79 Å². The Labute approximate surface area is 152 Å². The highest BCUT2D eigenvalue weighted by atomic mass is 16.2. The van der Waals surface area contributed by atoms with Crippen molar-refractivity contribution in [3.8, 4) is 0 Å². The Bertz CT molecular complexity index is 539. The molecule has 2 aliphatic rings. The first-order chi connectivity index (χ1) is 12.1. The molecule has 0 saturated carbocycles. The van der Waals surface area contributed by atoms with Gasteiger partial charge in [0.05, 0.1) is 0 Å². The van der Waals surface area contributed by atoms with Crippen LogP contribution in [-0.2, 0) is 0 Å². The molecule has 0 radical (unpaired) electrons. The Morgan fingerprint density at radius 2 is 1.80 bits per heavy atom. The highest BCUT2D eigenvalue weighted by Gasteiger charge is 2.26. The topological polar surface area (TPSA) is 26.8 Å². The fraction of sp³-hybridized carbons (Fsp3) is 0.667. The first-order valence-electron chi connectivity index (χ1n) is 9.94. The molecule has 25 heavy (non-hydrogen) atoms. The molecule has 1 atom stereocenters. The largest absolute Gasteiger partial charge is 0.339 e. The second-order valence-corrected chi connectivity index (χ2v) is 7.75. The van der Waals surface area contributed by atoms with Crippen LogP contribution in [0.1, 0.15) is 49.4 Å². The highest BCUT2D eigenvalue weighted by molar-refractivity contribution is 5.94. The standard InChI is InChI=1S/C21H33N3O/c1-18-8-6-7-13-23(18)17-16-22(2)20-11-14-24(15-12-20)21(25)19-9-4-3-5-10-19/h3-5,9-10,18,20H,6-8,11-17H2,1-2H3. The lowest BCUT2D eigenvalue weighted by Crippen LogP contribution is -2.48. The number of likely N-dealkylation sites (tertiary alicyclic amines) is 2. The number of hydrogen-bond donors (Lipinski definition) is 0. The molecule has 4 heteroatoms. The predicted molar refractivity (Wildman–Crippen MR) is 103 cm³/mol. The van der Waals surface area contributed by atoms with Gasteiger partial charge in [0.25, 0.3) is 5.91 Å². The average molecular weight is 344 g/mol. The van der Waals surface area contributed by atoms with Crippen molar-refractivity contribution in [1.29, 1.82) is 0 Å². The van der Waals surface area contributed by atoms with Crippen molar-refractivity contribution in [2.75, 3.05) is 39.8 Å². The predicted octanol–water partition coefficient (Wildman–Crippen LogP) is 3.10. The smallest absolute Gasteiger partial charge is 0.253 e. The number of hydrogen-bond acceptors (Lipinski definition) is 3. The quantitative estimate of drug-likeness (QED) is 0.822. The van der Waals surface area contributed by atoms with Gasteiger partial charge in [-0.1, -0.05) is 24.6 Å². The van der Waals surface area contributed by atoms with Crippen LogP contribution in [0.3, 0.4) is 0 Å². The number of carbonyl (C=O) groups is 1. The van der Waals surface area contributed by atoms with Crippen molar-refractivity contribution in [3.63, 3.8) is 0 Å². The molecular formula is C21H33N3O. The second-order valence-electron chi connectivity index (χ2n) is 7.75. The lowest BCUT2D eigenvalue weighted by Gasteiger charge is -2.39. The van der Waals surface area contributed by atoms with Gasteiger partial charge in [-0.05, 0) is 58.3 Å². The molecule has 2 fully saturated rings. The van der Waals surface area contributed by atoms with Crippen molar-refractivity contribution < 1.29 is 4.79 Å². The van der Waals surface area contributed by atoms with Gasteiger partial charge in [-0.15, -0.1) is 0 Å². The maximum Gasteiger partial charge on any atom is 0.253 e. The number of rotatable bonds is 5. The second kappa shape index (κ2) is 8.81. The fourth-order valence-corrected chi connectivity index (χ4v) is 4.23. The molecule has 0 N–H and O–H groups in total. The van der Waals surface area contributed by atoms with E-state index in [-0.39, 0.29) is 5.91 Å². The van der Waals surface area contributed by atoms with Crippen molar-refractivity contribution in [1.82, 2.24) is 14.7 Å². The molecule has 2 saturated heterocycles. The molecule has 1 aromatic rings. The Kier molecular flexibility index (Phi) is 6.49. The van der Waals surface area contributed by atoms with Crippen molar-refractivity contribution in [3.05, 3.63) is 35.9 Å². The zero-order valence-corrected chi connectivity index (χ0v) is 15.9. The Morgan fingerprint density at radius 3 is 2.48 bits per heavy atom. The van der Waals surface area contributed by atoms with Gasteiger partial charge in [-0.3, -0.25) is 9.69 Å². The summed E-state index contributed by atoms with van der Waals surface area (Å²) in [7, 11) is 2.26. The van der Waals surface area contributed by atoms with Crippen LogP contribution in [0.2, 0.25) is 0 Å². The molecule has 1 amide bonds. The van der Waals surface area contributed by atoms with Crippen LogP contribution >= 0.6 is 0 Å². The van der Waals surface area contributed by atoms with E-state index >= 15 is 0 Å². The van der Waals surface area contributed by atoms with Crippen molar-refractivity contribution in [2.24, 2.45) is 0 Å². The van der Waals surface area contributed by atoms with Gasteiger partial charge in [0.15, 0.2) is 0 Å². The molecule has 2 aliphatic heterocycles. The summed E-state index contributed by atoms with van der Waals surface area (Å²) in [5, 5.41) is 0. The van der Waals surface area contributed by atoms with Gasteiger partial charge >= 0.3 is 0 Å².